The largest absolute Gasteiger partial charge is 0.472 e. The van der Waals surface area contributed by atoms with Crippen molar-refractivity contribution < 1.29 is 37.8 Å². The van der Waals surface area contributed by atoms with Gasteiger partial charge in [-0.3, -0.25) is 19.2 Å². The van der Waals surface area contributed by atoms with Crippen LogP contribution in [0.15, 0.2) is 23.0 Å². The van der Waals surface area contributed by atoms with E-state index < -0.39 is 35.4 Å². The topological polar surface area (TPSA) is 148 Å². The van der Waals surface area contributed by atoms with Gasteiger partial charge in [-0.1, -0.05) is 13.8 Å². The molecule has 0 aromatic carbocycles. The number of rotatable bonds is 12. The monoisotopic (exact) mass is 469 g/mol. The van der Waals surface area contributed by atoms with Gasteiger partial charge < -0.3 is 34.6 Å². The van der Waals surface area contributed by atoms with Crippen LogP contribution in [0.5, 0.6) is 0 Å². The lowest BCUT2D eigenvalue weighted by Gasteiger charge is -2.22. The number of nitrogens with one attached hydrogen (secondary N) is 3. The molecule has 1 fully saturated rings. The third-order valence-corrected chi connectivity index (χ3v) is 4.62. The molecule has 1 aromatic heterocycles. The normalized spacial score (nSPS) is 18.4. The molecule has 3 N–H and O–H groups in total. The molecule has 2 rings (SSSR count). The first-order valence-corrected chi connectivity index (χ1v) is 10.5. The van der Waals surface area contributed by atoms with Crippen LogP contribution in [0, 0.1) is 5.92 Å². The van der Waals surface area contributed by atoms with E-state index in [0.29, 0.717) is 13.0 Å². The van der Waals surface area contributed by atoms with E-state index in [1.807, 2.05) is 13.8 Å². The maximum Gasteiger partial charge on any atom is 0.255 e. The first-order chi connectivity index (χ1) is 15.6. The van der Waals surface area contributed by atoms with Crippen molar-refractivity contribution in [2.75, 3.05) is 41.1 Å². The number of carbonyl (C=O) groups is 4. The molecule has 0 spiro atoms. The Morgan fingerprint density at radius 3 is 2.24 bits per heavy atom. The summed E-state index contributed by atoms with van der Waals surface area (Å²) >= 11 is 0. The molecule has 1 aliphatic rings. The molecule has 1 aromatic rings. The van der Waals surface area contributed by atoms with E-state index in [1.54, 1.807) is 21.1 Å². The summed E-state index contributed by atoms with van der Waals surface area (Å²) in [5, 5.41) is 7.65. The number of hydrogen-bond acceptors (Lipinski definition) is 8. The number of furan rings is 1. The van der Waals surface area contributed by atoms with Crippen LogP contribution < -0.4 is 16.0 Å². The molecule has 3 atom stereocenters. The predicted octanol–water partition coefficient (Wildman–Crippen LogP) is 0.292. The maximum absolute atomic E-state index is 12.6. The summed E-state index contributed by atoms with van der Waals surface area (Å²) in [5.74, 6) is -1.61. The third kappa shape index (κ3) is 9.72. The summed E-state index contributed by atoms with van der Waals surface area (Å²) < 4.78 is 19.3. The van der Waals surface area contributed by atoms with Gasteiger partial charge >= 0.3 is 0 Å². The fourth-order valence-electron chi connectivity index (χ4n) is 2.84. The average molecular weight is 470 g/mol. The number of Topliss-reactive ketones (excluding diaryl/α,β-unsaturated/α-hetero) is 1. The molecule has 0 unspecified atom stereocenters. The van der Waals surface area contributed by atoms with Crippen LogP contribution in [0.1, 0.15) is 37.6 Å². The van der Waals surface area contributed by atoms with Gasteiger partial charge in [0.15, 0.2) is 5.78 Å². The number of amides is 3. The van der Waals surface area contributed by atoms with Gasteiger partial charge in [-0.15, -0.1) is 0 Å². The molecule has 33 heavy (non-hydrogen) atoms. The Labute approximate surface area is 193 Å². The maximum atomic E-state index is 12.6. The summed E-state index contributed by atoms with van der Waals surface area (Å²) in [6.07, 6.45) is 3.05. The van der Waals surface area contributed by atoms with E-state index >= 15 is 0 Å². The highest BCUT2D eigenvalue weighted by Crippen LogP contribution is 2.29. The van der Waals surface area contributed by atoms with Crippen molar-refractivity contribution in [1.29, 1.82) is 0 Å². The number of hydrogen-bond donors (Lipinski definition) is 3. The Kier molecular flexibility index (Phi) is 11.7. The molecule has 11 nitrogen and oxygen atoms in total. The Morgan fingerprint density at radius 2 is 1.76 bits per heavy atom. The summed E-state index contributed by atoms with van der Waals surface area (Å²) in [6.45, 7) is 5.49. The molecule has 3 amide bonds. The zero-order chi connectivity index (χ0) is 25.0. The minimum Gasteiger partial charge on any atom is -0.472 e. The summed E-state index contributed by atoms with van der Waals surface area (Å²) in [5.41, 5.74) is -0.593. The second-order valence-electron chi connectivity index (χ2n) is 8.25. The standard InChI is InChI=1S/C20H29N3O7.C2H6O/c1-12(2)7-14(17(25)20(3)11-30-20)22-16(24)8-21-19(27)15(10-28-4)23-18(26)13-5-6-29-9-13;1-3-2/h5-6,9,12,14-15H,7-8,10-11H2,1-4H3,(H,21,27)(H,22,24)(H,23,26);1-2H3/t14-,15-,20+;/m0./s1. The van der Waals surface area contributed by atoms with Crippen LogP contribution in [0.2, 0.25) is 0 Å². The molecule has 1 aliphatic heterocycles. The Balaban J connectivity index is 0.00000172. The Bertz CT molecular complexity index is 775. The highest BCUT2D eigenvalue weighted by molar-refractivity contribution is 5.99. The molecule has 0 bridgehead atoms. The molecule has 2 heterocycles. The van der Waals surface area contributed by atoms with Crippen molar-refractivity contribution in [2.24, 2.45) is 5.92 Å². The molecule has 0 aliphatic carbocycles. The summed E-state index contributed by atoms with van der Waals surface area (Å²) in [6, 6.07) is -0.241. The van der Waals surface area contributed by atoms with Crippen LogP contribution >= 0.6 is 0 Å². The first kappa shape index (κ1) is 28.3. The van der Waals surface area contributed by atoms with Gasteiger partial charge in [0, 0.05) is 21.3 Å². The number of epoxide rings is 1. The fourth-order valence-corrected chi connectivity index (χ4v) is 2.84. The van der Waals surface area contributed by atoms with Crippen LogP contribution in [0.3, 0.4) is 0 Å². The lowest BCUT2D eigenvalue weighted by Crippen LogP contribution is -2.53. The van der Waals surface area contributed by atoms with E-state index in [9.17, 15) is 19.2 Å². The van der Waals surface area contributed by atoms with Gasteiger partial charge in [0.2, 0.25) is 11.8 Å². The van der Waals surface area contributed by atoms with Crippen molar-refractivity contribution in [2.45, 2.75) is 44.9 Å². The minimum absolute atomic E-state index is 0.0821. The molecular weight excluding hydrogens is 434 g/mol. The van der Waals surface area contributed by atoms with E-state index in [0.717, 1.165) is 0 Å². The summed E-state index contributed by atoms with van der Waals surface area (Å²) in [4.78, 5) is 49.4. The molecule has 1 saturated heterocycles. The number of methoxy groups -OCH3 is 2. The Hall–Kier alpha value is -2.76. The van der Waals surface area contributed by atoms with Crippen molar-refractivity contribution in [3.8, 4) is 0 Å². The van der Waals surface area contributed by atoms with Crippen molar-refractivity contribution in [3.05, 3.63) is 24.2 Å². The van der Waals surface area contributed by atoms with Crippen LogP contribution in [-0.2, 0) is 28.6 Å². The van der Waals surface area contributed by atoms with Gasteiger partial charge in [-0.25, -0.2) is 0 Å². The Morgan fingerprint density at radius 1 is 1.12 bits per heavy atom. The first-order valence-electron chi connectivity index (χ1n) is 10.5. The molecule has 11 heteroatoms. The van der Waals surface area contributed by atoms with Crippen molar-refractivity contribution in [3.63, 3.8) is 0 Å². The summed E-state index contributed by atoms with van der Waals surface area (Å²) in [7, 11) is 4.64. The predicted molar refractivity (Wildman–Crippen MR) is 119 cm³/mol. The van der Waals surface area contributed by atoms with Crippen molar-refractivity contribution >= 4 is 23.5 Å². The molecule has 0 saturated carbocycles. The minimum atomic E-state index is -1.00. The highest BCUT2D eigenvalue weighted by atomic mass is 16.6. The highest BCUT2D eigenvalue weighted by Gasteiger charge is 2.50. The van der Waals surface area contributed by atoms with Gasteiger partial charge in [0.25, 0.3) is 5.91 Å². The van der Waals surface area contributed by atoms with Gasteiger partial charge in [0.05, 0.1) is 37.6 Å². The van der Waals surface area contributed by atoms with E-state index in [4.69, 9.17) is 13.9 Å². The number of ketones is 1. The number of ether oxygens (including phenoxy) is 3. The van der Waals surface area contributed by atoms with Crippen molar-refractivity contribution in [1.82, 2.24) is 16.0 Å². The van der Waals surface area contributed by atoms with Gasteiger partial charge in [-0.2, -0.15) is 0 Å². The molecule has 0 radical (unpaired) electrons. The van der Waals surface area contributed by atoms with E-state index in [2.05, 4.69) is 20.7 Å². The molecular formula is C22H35N3O8. The van der Waals surface area contributed by atoms with Crippen LogP contribution in [0.4, 0.5) is 0 Å². The second kappa shape index (κ2) is 13.7. The fraction of sp³-hybridized carbons (Fsp3) is 0.636. The zero-order valence-corrected chi connectivity index (χ0v) is 20.1. The lowest BCUT2D eigenvalue weighted by atomic mass is 9.93. The zero-order valence-electron chi connectivity index (χ0n) is 20.1. The average Bonchev–Trinajstić information content (AvgIpc) is 3.26. The molecule has 186 valence electrons. The van der Waals surface area contributed by atoms with Gasteiger partial charge in [-0.05, 0) is 25.3 Å². The SMILES string of the molecule is COC.COC[C@H](NC(=O)c1ccoc1)C(=O)NCC(=O)N[C@@H](CC(C)C)C(=O)[C@@]1(C)CO1. The smallest absolute Gasteiger partial charge is 0.255 e. The second-order valence-corrected chi connectivity index (χ2v) is 8.25. The van der Waals surface area contributed by atoms with Crippen LogP contribution in [-0.4, -0.2) is 82.3 Å². The lowest BCUT2D eigenvalue weighted by molar-refractivity contribution is -0.131. The quantitative estimate of drug-likeness (QED) is 0.370. The van der Waals surface area contributed by atoms with E-state index in [-0.39, 0.29) is 30.4 Å². The third-order valence-electron chi connectivity index (χ3n) is 4.62. The van der Waals surface area contributed by atoms with Crippen LogP contribution in [0.25, 0.3) is 0 Å². The van der Waals surface area contributed by atoms with Gasteiger partial charge in [0.1, 0.15) is 17.9 Å². The van der Waals surface area contributed by atoms with E-state index in [1.165, 1.54) is 25.7 Å². The number of carbonyl (C=O) groups excluding carboxylic acids is 4.